The molecule has 0 saturated heterocycles. The number of nitrogen functional groups attached to an aromatic ring is 2. The highest BCUT2D eigenvalue weighted by atomic mass is 19.4. The van der Waals surface area contributed by atoms with Gasteiger partial charge in [0.1, 0.15) is 5.75 Å². The Bertz CT molecular complexity index is 1090. The smallest absolute Gasteiger partial charge is 0.391 e. The Labute approximate surface area is 221 Å². The van der Waals surface area contributed by atoms with E-state index in [1.165, 1.54) is 6.08 Å². The van der Waals surface area contributed by atoms with Crippen LogP contribution in [0.4, 0.5) is 24.5 Å². The minimum absolute atomic E-state index is 0.0180. The van der Waals surface area contributed by atoms with Gasteiger partial charge in [0.15, 0.2) is 0 Å². The fraction of sp³-hybridized carbons (Fsp3) is 0.448. The predicted molar refractivity (Wildman–Crippen MR) is 141 cm³/mol. The van der Waals surface area contributed by atoms with Gasteiger partial charge < -0.3 is 20.9 Å². The summed E-state index contributed by atoms with van der Waals surface area (Å²) in [4.78, 5) is 24.7. The van der Waals surface area contributed by atoms with Crippen LogP contribution >= 0.6 is 0 Å². The first-order valence-corrected chi connectivity index (χ1v) is 12.9. The van der Waals surface area contributed by atoms with Crippen LogP contribution < -0.4 is 16.2 Å². The number of benzene rings is 2. The Morgan fingerprint density at radius 3 is 2.24 bits per heavy atom. The lowest BCUT2D eigenvalue weighted by molar-refractivity contribution is -0.185. The molecule has 0 bridgehead atoms. The van der Waals surface area contributed by atoms with E-state index < -0.39 is 30.0 Å². The summed E-state index contributed by atoms with van der Waals surface area (Å²) >= 11 is 0. The number of hydrogen-bond acceptors (Lipinski definition) is 6. The molecule has 1 fully saturated rings. The number of rotatable bonds is 10. The Morgan fingerprint density at radius 2 is 1.66 bits per heavy atom. The molecule has 1 unspecified atom stereocenters. The van der Waals surface area contributed by atoms with E-state index in [2.05, 4.69) is 6.92 Å². The van der Waals surface area contributed by atoms with Gasteiger partial charge in [-0.3, -0.25) is 4.79 Å². The number of carbonyl (C=O) groups is 2. The minimum atomic E-state index is -4.22. The number of hydrogen-bond donors (Lipinski definition) is 2. The van der Waals surface area contributed by atoms with Crippen LogP contribution in [0.5, 0.6) is 5.75 Å². The van der Waals surface area contributed by atoms with Crippen molar-refractivity contribution in [3.63, 3.8) is 0 Å². The van der Waals surface area contributed by atoms with Gasteiger partial charge in [-0.2, -0.15) is 13.2 Å². The third kappa shape index (κ3) is 8.82. The van der Waals surface area contributed by atoms with Crippen LogP contribution in [0.25, 0.3) is 6.08 Å². The molecule has 1 atom stereocenters. The van der Waals surface area contributed by atoms with Crippen molar-refractivity contribution in [2.24, 2.45) is 11.8 Å². The van der Waals surface area contributed by atoms with Crippen LogP contribution in [-0.2, 0) is 14.3 Å². The molecule has 1 saturated carbocycles. The average molecular weight is 533 g/mol. The van der Waals surface area contributed by atoms with Crippen LogP contribution in [0.1, 0.15) is 68.9 Å². The lowest BCUT2D eigenvalue weighted by atomic mass is 9.82. The van der Waals surface area contributed by atoms with E-state index in [0.29, 0.717) is 22.7 Å². The van der Waals surface area contributed by atoms with Gasteiger partial charge >= 0.3 is 18.1 Å². The number of nitrogens with two attached hydrogens (primary N) is 2. The lowest BCUT2D eigenvalue weighted by Gasteiger charge is -2.28. The number of esters is 2. The Hall–Kier alpha value is -3.49. The second-order valence-electron chi connectivity index (χ2n) is 9.82. The molecule has 9 heteroatoms. The molecule has 6 nitrogen and oxygen atoms in total. The summed E-state index contributed by atoms with van der Waals surface area (Å²) in [5.41, 5.74) is 14.6. The number of unbranched alkanes of at least 4 members (excludes halogenated alkanes) is 1. The quantitative estimate of drug-likeness (QED) is 0.154. The van der Waals surface area contributed by atoms with E-state index in [0.717, 1.165) is 24.8 Å². The molecular weight excluding hydrogens is 497 g/mol. The summed E-state index contributed by atoms with van der Waals surface area (Å²) in [6.07, 6.45) is 1.72. The van der Waals surface area contributed by atoms with Gasteiger partial charge in [0.25, 0.3) is 0 Å². The van der Waals surface area contributed by atoms with Crippen molar-refractivity contribution in [3.8, 4) is 5.75 Å². The van der Waals surface area contributed by atoms with E-state index in [1.54, 1.807) is 36.4 Å². The molecule has 38 heavy (non-hydrogen) atoms. The highest BCUT2D eigenvalue weighted by Gasteiger charge is 2.42. The first-order chi connectivity index (χ1) is 18.0. The van der Waals surface area contributed by atoms with Crippen LogP contribution in [0.2, 0.25) is 0 Å². The van der Waals surface area contributed by atoms with E-state index in [9.17, 15) is 22.8 Å². The van der Waals surface area contributed by atoms with Crippen LogP contribution in [0.3, 0.4) is 0 Å². The van der Waals surface area contributed by atoms with Gasteiger partial charge in [0.2, 0.25) is 0 Å². The van der Waals surface area contributed by atoms with Crippen molar-refractivity contribution in [1.82, 2.24) is 0 Å². The normalized spacial score (nSPS) is 18.7. The molecule has 0 amide bonds. The molecule has 1 aliphatic carbocycles. The third-order valence-corrected chi connectivity index (χ3v) is 6.84. The van der Waals surface area contributed by atoms with E-state index >= 15 is 0 Å². The SMILES string of the molecule is CCCCC(COC(=O)C=Cc1ccc(OC(=O)C2CCC(C(F)(F)F)CC2)cc1)c1cc(N)cc(N)c1. The number of anilines is 2. The molecule has 0 aliphatic heterocycles. The lowest BCUT2D eigenvalue weighted by Crippen LogP contribution is -2.31. The van der Waals surface area contributed by atoms with Crippen molar-refractivity contribution >= 4 is 29.4 Å². The zero-order valence-corrected chi connectivity index (χ0v) is 21.5. The largest absolute Gasteiger partial charge is 0.462 e. The minimum Gasteiger partial charge on any atom is -0.462 e. The van der Waals surface area contributed by atoms with Crippen molar-refractivity contribution in [1.29, 1.82) is 0 Å². The van der Waals surface area contributed by atoms with Crippen LogP contribution in [0.15, 0.2) is 48.5 Å². The van der Waals surface area contributed by atoms with Gasteiger partial charge in [0.05, 0.1) is 18.4 Å². The second-order valence-corrected chi connectivity index (χ2v) is 9.82. The molecule has 0 radical (unpaired) electrons. The topological polar surface area (TPSA) is 105 Å². The summed E-state index contributed by atoms with van der Waals surface area (Å²) in [5.74, 6) is -2.61. The zero-order valence-electron chi connectivity index (χ0n) is 21.5. The van der Waals surface area contributed by atoms with E-state index in [1.807, 2.05) is 12.1 Å². The highest BCUT2D eigenvalue weighted by molar-refractivity contribution is 5.87. The van der Waals surface area contributed by atoms with Gasteiger partial charge in [-0.15, -0.1) is 0 Å². The van der Waals surface area contributed by atoms with Crippen molar-refractivity contribution < 1.29 is 32.2 Å². The number of halogens is 3. The van der Waals surface area contributed by atoms with Gasteiger partial charge in [-0.25, -0.2) is 4.79 Å². The van der Waals surface area contributed by atoms with Crippen molar-refractivity contribution in [3.05, 3.63) is 59.7 Å². The molecule has 1 aliphatic rings. The molecule has 206 valence electrons. The first-order valence-electron chi connectivity index (χ1n) is 12.9. The Morgan fingerprint density at radius 1 is 1.03 bits per heavy atom. The monoisotopic (exact) mass is 532 g/mol. The third-order valence-electron chi connectivity index (χ3n) is 6.84. The summed E-state index contributed by atoms with van der Waals surface area (Å²) in [7, 11) is 0. The number of alkyl halides is 3. The second kappa shape index (κ2) is 13.3. The molecule has 4 N–H and O–H groups in total. The Balaban J connectivity index is 1.49. The summed E-state index contributed by atoms with van der Waals surface area (Å²) < 4.78 is 49.3. The molecule has 0 spiro atoms. The zero-order chi connectivity index (χ0) is 27.7. The number of ether oxygens (including phenoxy) is 2. The standard InChI is InChI=1S/C29H35F3N2O4/c1-2-3-4-21(22-15-24(33)17-25(34)16-22)18-37-27(35)14-7-19-5-12-26(13-6-19)38-28(36)20-8-10-23(11-9-20)29(30,31)32/h5-7,12-17,20-21,23H,2-4,8-11,18,33-34H2,1H3. The fourth-order valence-electron chi connectivity index (χ4n) is 4.63. The maximum atomic E-state index is 12.8. The molecule has 2 aromatic rings. The Kier molecular flexibility index (Phi) is 10.2. The summed E-state index contributed by atoms with van der Waals surface area (Å²) in [6.45, 7) is 2.29. The van der Waals surface area contributed by atoms with Crippen LogP contribution in [0, 0.1) is 11.8 Å². The van der Waals surface area contributed by atoms with Crippen molar-refractivity contribution in [2.75, 3.05) is 18.1 Å². The highest BCUT2D eigenvalue weighted by Crippen LogP contribution is 2.40. The number of carbonyl (C=O) groups excluding carboxylic acids is 2. The summed E-state index contributed by atoms with van der Waals surface area (Å²) in [5, 5.41) is 0. The van der Waals surface area contributed by atoms with E-state index in [-0.39, 0.29) is 38.2 Å². The van der Waals surface area contributed by atoms with Gasteiger partial charge in [-0.1, -0.05) is 31.9 Å². The fourth-order valence-corrected chi connectivity index (χ4v) is 4.63. The maximum Gasteiger partial charge on any atom is 0.391 e. The van der Waals surface area contributed by atoms with Gasteiger partial charge in [-0.05, 0) is 79.6 Å². The first kappa shape index (κ1) is 29.1. The average Bonchev–Trinajstić information content (AvgIpc) is 2.87. The summed E-state index contributed by atoms with van der Waals surface area (Å²) in [6, 6.07) is 11.9. The van der Waals surface area contributed by atoms with Gasteiger partial charge in [0, 0.05) is 23.4 Å². The molecule has 2 aromatic carbocycles. The molecular formula is C29H35F3N2O4. The van der Waals surface area contributed by atoms with Crippen LogP contribution in [-0.4, -0.2) is 24.7 Å². The predicted octanol–water partition coefficient (Wildman–Crippen LogP) is 6.66. The molecule has 0 heterocycles. The molecule has 0 aromatic heterocycles. The van der Waals surface area contributed by atoms with Crippen molar-refractivity contribution in [2.45, 2.75) is 64.0 Å². The maximum absolute atomic E-state index is 12.8. The molecule has 3 rings (SSSR count). The van der Waals surface area contributed by atoms with E-state index in [4.69, 9.17) is 20.9 Å².